The van der Waals surface area contributed by atoms with Crippen LogP contribution in [0.4, 0.5) is 8.78 Å². The summed E-state index contributed by atoms with van der Waals surface area (Å²) in [4.78, 5) is 0. The zero-order valence-electron chi connectivity index (χ0n) is 10.5. The number of hydrogen-bond acceptors (Lipinski definition) is 3. The van der Waals surface area contributed by atoms with Gasteiger partial charge < -0.3 is 15.2 Å². The summed E-state index contributed by atoms with van der Waals surface area (Å²) in [6.07, 6.45) is -2.26. The molecule has 0 aliphatic heterocycles. The zero-order valence-corrected chi connectivity index (χ0v) is 10.5. The molecule has 0 saturated heterocycles. The Balaban J connectivity index is 4.09. The number of alkyl halides is 2. The van der Waals surface area contributed by atoms with Crippen LogP contribution in [0.15, 0.2) is 0 Å². The van der Waals surface area contributed by atoms with Crippen molar-refractivity contribution in [2.24, 2.45) is 0 Å². The van der Waals surface area contributed by atoms with Crippen LogP contribution in [0.5, 0.6) is 0 Å². The molecule has 0 radical (unpaired) electrons. The lowest BCUT2D eigenvalue weighted by atomic mass is 9.95. The molecule has 5 heteroatoms. The summed E-state index contributed by atoms with van der Waals surface area (Å²) >= 11 is 0. The number of hydrogen-bond donors (Lipinski definition) is 2. The molecule has 0 aliphatic rings. The van der Waals surface area contributed by atoms with Gasteiger partial charge in [0.2, 0.25) is 0 Å². The highest BCUT2D eigenvalue weighted by Crippen LogP contribution is 2.15. The monoisotopic (exact) mass is 239 g/mol. The van der Waals surface area contributed by atoms with E-state index in [2.05, 4.69) is 5.32 Å². The fourth-order valence-corrected chi connectivity index (χ4v) is 1.80. The van der Waals surface area contributed by atoms with Gasteiger partial charge in [-0.2, -0.15) is 0 Å². The molecule has 0 aromatic rings. The normalized spacial score (nSPS) is 17.8. The zero-order chi connectivity index (χ0) is 12.8. The summed E-state index contributed by atoms with van der Waals surface area (Å²) < 4.78 is 28.8. The predicted octanol–water partition coefficient (Wildman–Crippen LogP) is 1.80. The number of aliphatic hydroxyl groups excluding tert-OH is 1. The lowest BCUT2D eigenvalue weighted by Crippen LogP contribution is -2.51. The van der Waals surface area contributed by atoms with E-state index < -0.39 is 18.6 Å². The number of nitrogens with one attached hydrogen (secondary N) is 1. The molecule has 16 heavy (non-hydrogen) atoms. The molecular formula is C11H23F2NO2. The van der Waals surface area contributed by atoms with Crippen molar-refractivity contribution >= 4 is 0 Å². The van der Waals surface area contributed by atoms with Crippen molar-refractivity contribution in [2.45, 2.75) is 58.2 Å². The summed E-state index contributed by atoms with van der Waals surface area (Å²) in [6, 6.07) is 0.222. The smallest absolute Gasteiger partial charge is 0.261 e. The van der Waals surface area contributed by atoms with Gasteiger partial charge in [0.25, 0.3) is 6.43 Å². The molecule has 0 heterocycles. The van der Waals surface area contributed by atoms with Crippen molar-refractivity contribution in [1.82, 2.24) is 5.32 Å². The second-order valence-electron chi connectivity index (χ2n) is 4.76. The predicted molar refractivity (Wildman–Crippen MR) is 59.8 cm³/mol. The van der Waals surface area contributed by atoms with Crippen molar-refractivity contribution in [2.75, 3.05) is 13.2 Å². The van der Waals surface area contributed by atoms with E-state index in [1.807, 2.05) is 20.8 Å². The van der Waals surface area contributed by atoms with Crippen LogP contribution in [0, 0.1) is 0 Å². The fraction of sp³-hybridized carbons (Fsp3) is 1.00. The highest BCUT2D eigenvalue weighted by Gasteiger charge is 2.27. The molecule has 2 N–H and O–H groups in total. The van der Waals surface area contributed by atoms with Crippen molar-refractivity contribution < 1.29 is 18.6 Å². The van der Waals surface area contributed by atoms with Gasteiger partial charge in [-0.3, -0.25) is 0 Å². The van der Waals surface area contributed by atoms with E-state index in [1.165, 1.54) is 0 Å². The highest BCUT2D eigenvalue weighted by atomic mass is 19.3. The summed E-state index contributed by atoms with van der Waals surface area (Å²) in [5.74, 6) is 0. The Labute approximate surface area is 96.2 Å². The van der Waals surface area contributed by atoms with E-state index in [9.17, 15) is 13.9 Å². The molecular weight excluding hydrogens is 216 g/mol. The molecule has 0 fully saturated rings. The van der Waals surface area contributed by atoms with Crippen LogP contribution in [-0.4, -0.2) is 42.4 Å². The lowest BCUT2D eigenvalue weighted by Gasteiger charge is -2.33. The molecule has 0 saturated carbocycles. The van der Waals surface area contributed by atoms with Gasteiger partial charge in [-0.1, -0.05) is 13.8 Å². The molecule has 0 rings (SSSR count). The Morgan fingerprint density at radius 2 is 1.88 bits per heavy atom. The van der Waals surface area contributed by atoms with Gasteiger partial charge in [0.15, 0.2) is 0 Å². The van der Waals surface area contributed by atoms with Crippen LogP contribution in [0.25, 0.3) is 0 Å². The van der Waals surface area contributed by atoms with E-state index in [4.69, 9.17) is 4.74 Å². The van der Waals surface area contributed by atoms with Crippen LogP contribution in [0.1, 0.15) is 34.1 Å². The third-order valence-corrected chi connectivity index (χ3v) is 2.23. The van der Waals surface area contributed by atoms with E-state index in [0.29, 0.717) is 6.42 Å². The van der Waals surface area contributed by atoms with Crippen molar-refractivity contribution in [3.05, 3.63) is 0 Å². The first kappa shape index (κ1) is 15.7. The van der Waals surface area contributed by atoms with Crippen LogP contribution < -0.4 is 5.32 Å². The largest absolute Gasteiger partial charge is 0.394 e. The number of halogens is 2. The van der Waals surface area contributed by atoms with Gasteiger partial charge in [-0.05, 0) is 20.3 Å². The third-order valence-electron chi connectivity index (χ3n) is 2.23. The minimum atomic E-state index is -2.44. The first-order chi connectivity index (χ1) is 7.29. The summed E-state index contributed by atoms with van der Waals surface area (Å²) in [7, 11) is 0. The molecule has 0 bridgehead atoms. The van der Waals surface area contributed by atoms with Gasteiger partial charge in [-0.15, -0.1) is 0 Å². The minimum absolute atomic E-state index is 0.0481. The Kier molecular flexibility index (Phi) is 7.03. The maximum Gasteiger partial charge on any atom is 0.261 e. The van der Waals surface area contributed by atoms with Gasteiger partial charge in [0.05, 0.1) is 12.7 Å². The van der Waals surface area contributed by atoms with Crippen molar-refractivity contribution in [1.29, 1.82) is 0 Å². The Morgan fingerprint density at radius 3 is 2.25 bits per heavy atom. The molecule has 0 aliphatic carbocycles. The topological polar surface area (TPSA) is 41.5 Å². The average Bonchev–Trinajstić information content (AvgIpc) is 2.13. The van der Waals surface area contributed by atoms with E-state index in [-0.39, 0.29) is 18.8 Å². The third kappa shape index (κ3) is 7.09. The first-order valence-corrected chi connectivity index (χ1v) is 5.57. The molecule has 0 amide bonds. The molecule has 3 nitrogen and oxygen atoms in total. The SMILES string of the molecule is CC(C)NC(C)(CO)CC(C)OCC(F)F. The Hall–Kier alpha value is -0.260. The van der Waals surface area contributed by atoms with Crippen molar-refractivity contribution in [3.8, 4) is 0 Å². The van der Waals surface area contributed by atoms with Crippen LogP contribution in [0.3, 0.4) is 0 Å². The summed E-state index contributed by atoms with van der Waals surface area (Å²) in [5.41, 5.74) is -0.490. The number of ether oxygens (including phenoxy) is 1. The number of aliphatic hydroxyl groups is 1. The molecule has 0 spiro atoms. The van der Waals surface area contributed by atoms with Gasteiger partial charge in [0.1, 0.15) is 6.61 Å². The molecule has 2 atom stereocenters. The van der Waals surface area contributed by atoms with Gasteiger partial charge >= 0.3 is 0 Å². The highest BCUT2D eigenvalue weighted by molar-refractivity contribution is 4.85. The van der Waals surface area contributed by atoms with Gasteiger partial charge in [-0.25, -0.2) is 8.78 Å². The van der Waals surface area contributed by atoms with Gasteiger partial charge in [0, 0.05) is 11.6 Å². The standard InChI is InChI=1S/C11H23F2NO2/c1-8(2)14-11(4,7-15)5-9(3)16-6-10(12)13/h8-10,14-15H,5-7H2,1-4H3. The molecule has 0 aromatic carbocycles. The minimum Gasteiger partial charge on any atom is -0.394 e. The second kappa shape index (κ2) is 7.14. The maximum absolute atomic E-state index is 11.9. The van der Waals surface area contributed by atoms with Crippen LogP contribution in [-0.2, 0) is 4.74 Å². The lowest BCUT2D eigenvalue weighted by molar-refractivity contribution is -0.0330. The second-order valence-corrected chi connectivity index (χ2v) is 4.76. The Morgan fingerprint density at radius 1 is 1.31 bits per heavy atom. The van der Waals surface area contributed by atoms with Crippen molar-refractivity contribution in [3.63, 3.8) is 0 Å². The summed E-state index contributed by atoms with van der Waals surface area (Å²) in [5, 5.41) is 12.5. The summed E-state index contributed by atoms with van der Waals surface area (Å²) in [6.45, 7) is 6.93. The van der Waals surface area contributed by atoms with E-state index >= 15 is 0 Å². The fourth-order valence-electron chi connectivity index (χ4n) is 1.80. The molecule has 98 valence electrons. The number of rotatable bonds is 8. The van der Waals surface area contributed by atoms with E-state index in [1.54, 1.807) is 6.92 Å². The Bertz CT molecular complexity index is 191. The van der Waals surface area contributed by atoms with Crippen LogP contribution in [0.2, 0.25) is 0 Å². The maximum atomic E-state index is 11.9. The molecule has 2 unspecified atom stereocenters. The molecule has 0 aromatic heterocycles. The quantitative estimate of drug-likeness (QED) is 0.678. The van der Waals surface area contributed by atoms with E-state index in [0.717, 1.165) is 0 Å². The first-order valence-electron chi connectivity index (χ1n) is 5.57. The van der Waals surface area contributed by atoms with Crippen LogP contribution >= 0.6 is 0 Å². The average molecular weight is 239 g/mol.